The van der Waals surface area contributed by atoms with Gasteiger partial charge in [-0.2, -0.15) is 0 Å². The van der Waals surface area contributed by atoms with E-state index < -0.39 is 0 Å². The van der Waals surface area contributed by atoms with Crippen molar-refractivity contribution in [3.8, 4) is 0 Å². The first-order chi connectivity index (χ1) is 11.7. The van der Waals surface area contributed by atoms with E-state index in [2.05, 4.69) is 25.5 Å². The number of carbonyl (C=O) groups excluding carboxylic acids is 1. The van der Waals surface area contributed by atoms with Crippen molar-refractivity contribution in [2.45, 2.75) is 32.6 Å². The summed E-state index contributed by atoms with van der Waals surface area (Å²) in [6.45, 7) is 3.61. The van der Waals surface area contributed by atoms with Gasteiger partial charge in [0.2, 0.25) is 5.91 Å². The highest BCUT2D eigenvalue weighted by atomic mass is 16.1. The van der Waals surface area contributed by atoms with Crippen LogP contribution in [0, 0.1) is 0 Å². The van der Waals surface area contributed by atoms with Crippen molar-refractivity contribution in [2.24, 2.45) is 0 Å². The minimum Gasteiger partial charge on any atom is -0.356 e. The minimum absolute atomic E-state index is 0.0754. The van der Waals surface area contributed by atoms with Crippen LogP contribution < -0.4 is 15.5 Å². The smallest absolute Gasteiger partial charge is 0.221 e. The third-order valence-corrected chi connectivity index (χ3v) is 4.06. The Kier molecular flexibility index (Phi) is 5.25. The van der Waals surface area contributed by atoms with E-state index in [1.807, 2.05) is 30.3 Å². The van der Waals surface area contributed by atoms with E-state index in [-0.39, 0.29) is 5.91 Å². The van der Waals surface area contributed by atoms with Crippen LogP contribution in [0.5, 0.6) is 0 Å². The molecule has 0 saturated carbocycles. The third kappa shape index (κ3) is 4.44. The lowest BCUT2D eigenvalue weighted by Gasteiger charge is -2.21. The van der Waals surface area contributed by atoms with E-state index in [0.29, 0.717) is 0 Å². The molecular formula is C18H23N5O. The summed E-state index contributed by atoms with van der Waals surface area (Å²) in [5.41, 5.74) is 1.70. The van der Waals surface area contributed by atoms with Crippen LogP contribution in [-0.4, -0.2) is 29.0 Å². The Morgan fingerprint density at radius 2 is 1.67 bits per heavy atom. The Hall–Kier alpha value is -2.63. The predicted octanol–water partition coefficient (Wildman–Crippen LogP) is 3.56. The normalized spacial score (nSPS) is 14.8. The number of benzene rings is 1. The Balaban J connectivity index is 1.68. The molecule has 0 aliphatic carbocycles. The van der Waals surface area contributed by atoms with Gasteiger partial charge in [-0.3, -0.25) is 4.79 Å². The molecule has 0 atom stereocenters. The van der Waals surface area contributed by atoms with Gasteiger partial charge in [0.1, 0.15) is 18.0 Å². The SMILES string of the molecule is CC(=O)Nc1ccc(Nc2cc(N3CCCCCC3)ncn2)cc1. The van der Waals surface area contributed by atoms with Gasteiger partial charge in [0.05, 0.1) is 0 Å². The number of amides is 1. The van der Waals surface area contributed by atoms with Gasteiger partial charge in [0, 0.05) is 37.5 Å². The molecule has 1 aliphatic rings. The van der Waals surface area contributed by atoms with Crippen molar-refractivity contribution in [2.75, 3.05) is 28.6 Å². The molecule has 1 saturated heterocycles. The van der Waals surface area contributed by atoms with Gasteiger partial charge < -0.3 is 15.5 Å². The van der Waals surface area contributed by atoms with Gasteiger partial charge in [-0.05, 0) is 37.1 Å². The van der Waals surface area contributed by atoms with E-state index in [1.165, 1.54) is 32.6 Å². The summed E-state index contributed by atoms with van der Waals surface area (Å²) in [6.07, 6.45) is 6.64. The summed E-state index contributed by atoms with van der Waals surface area (Å²) in [6, 6.07) is 9.55. The third-order valence-electron chi connectivity index (χ3n) is 4.06. The quantitative estimate of drug-likeness (QED) is 0.899. The number of rotatable bonds is 4. The largest absolute Gasteiger partial charge is 0.356 e. The van der Waals surface area contributed by atoms with Gasteiger partial charge in [-0.15, -0.1) is 0 Å². The number of anilines is 4. The molecule has 0 radical (unpaired) electrons. The Morgan fingerprint density at radius 1 is 1.00 bits per heavy atom. The fraction of sp³-hybridized carbons (Fsp3) is 0.389. The van der Waals surface area contributed by atoms with E-state index in [4.69, 9.17) is 0 Å². The Labute approximate surface area is 142 Å². The number of nitrogens with one attached hydrogen (secondary N) is 2. The first-order valence-electron chi connectivity index (χ1n) is 8.42. The molecule has 126 valence electrons. The fourth-order valence-corrected chi connectivity index (χ4v) is 2.88. The topological polar surface area (TPSA) is 70.2 Å². The van der Waals surface area contributed by atoms with Crippen molar-refractivity contribution >= 4 is 28.9 Å². The average molecular weight is 325 g/mol. The summed E-state index contributed by atoms with van der Waals surface area (Å²) in [4.78, 5) is 22.1. The van der Waals surface area contributed by atoms with Crippen molar-refractivity contribution in [1.29, 1.82) is 0 Å². The van der Waals surface area contributed by atoms with Crippen LogP contribution in [0.2, 0.25) is 0 Å². The maximum Gasteiger partial charge on any atom is 0.221 e. The zero-order valence-corrected chi connectivity index (χ0v) is 14.0. The van der Waals surface area contributed by atoms with Crippen molar-refractivity contribution in [3.63, 3.8) is 0 Å². The molecule has 0 bridgehead atoms. The van der Waals surface area contributed by atoms with Gasteiger partial charge in [-0.1, -0.05) is 12.8 Å². The average Bonchev–Trinajstić information content (AvgIpc) is 2.86. The number of hydrogen-bond donors (Lipinski definition) is 2. The molecule has 1 aromatic carbocycles. The number of nitrogens with zero attached hydrogens (tertiary/aromatic N) is 3. The van der Waals surface area contributed by atoms with E-state index in [0.717, 1.165) is 36.1 Å². The molecule has 24 heavy (non-hydrogen) atoms. The van der Waals surface area contributed by atoms with E-state index in [9.17, 15) is 4.79 Å². The standard InChI is InChI=1S/C18H23N5O/c1-14(24)21-15-6-8-16(9-7-15)22-17-12-18(20-13-19-17)23-10-4-2-3-5-11-23/h6-9,12-13H,2-5,10-11H2,1H3,(H,21,24)(H,19,20,22). The molecule has 1 amide bonds. The molecule has 1 aliphatic heterocycles. The van der Waals surface area contributed by atoms with Crippen LogP contribution in [0.1, 0.15) is 32.6 Å². The van der Waals surface area contributed by atoms with Crippen LogP contribution in [0.4, 0.5) is 23.0 Å². The molecule has 0 unspecified atom stereocenters. The van der Waals surface area contributed by atoms with Gasteiger partial charge >= 0.3 is 0 Å². The van der Waals surface area contributed by atoms with Crippen molar-refractivity contribution in [3.05, 3.63) is 36.7 Å². The molecule has 2 N–H and O–H groups in total. The zero-order chi connectivity index (χ0) is 16.8. The Bertz CT molecular complexity index is 678. The highest BCUT2D eigenvalue weighted by molar-refractivity contribution is 5.88. The zero-order valence-electron chi connectivity index (χ0n) is 14.0. The highest BCUT2D eigenvalue weighted by Crippen LogP contribution is 2.22. The lowest BCUT2D eigenvalue weighted by Crippen LogP contribution is -2.25. The molecule has 2 aromatic rings. The first kappa shape index (κ1) is 16.2. The first-order valence-corrected chi connectivity index (χ1v) is 8.42. The molecule has 3 rings (SSSR count). The molecule has 6 heteroatoms. The summed E-state index contributed by atoms with van der Waals surface area (Å²) in [5, 5.41) is 6.04. The molecule has 6 nitrogen and oxygen atoms in total. The molecule has 1 aromatic heterocycles. The molecule has 2 heterocycles. The lowest BCUT2D eigenvalue weighted by atomic mass is 10.2. The monoisotopic (exact) mass is 325 g/mol. The van der Waals surface area contributed by atoms with E-state index in [1.54, 1.807) is 6.33 Å². The lowest BCUT2D eigenvalue weighted by molar-refractivity contribution is -0.114. The maximum atomic E-state index is 11.1. The van der Waals surface area contributed by atoms with Crippen LogP contribution in [0.15, 0.2) is 36.7 Å². The van der Waals surface area contributed by atoms with Crippen LogP contribution in [-0.2, 0) is 4.79 Å². The second-order valence-corrected chi connectivity index (χ2v) is 6.05. The van der Waals surface area contributed by atoms with E-state index >= 15 is 0 Å². The highest BCUT2D eigenvalue weighted by Gasteiger charge is 2.11. The van der Waals surface area contributed by atoms with Gasteiger partial charge in [0.15, 0.2) is 0 Å². The fourth-order valence-electron chi connectivity index (χ4n) is 2.88. The predicted molar refractivity (Wildman–Crippen MR) is 96.7 cm³/mol. The van der Waals surface area contributed by atoms with Crippen molar-refractivity contribution in [1.82, 2.24) is 9.97 Å². The van der Waals surface area contributed by atoms with Crippen molar-refractivity contribution < 1.29 is 4.79 Å². The summed E-state index contributed by atoms with van der Waals surface area (Å²) >= 11 is 0. The molecule has 1 fully saturated rings. The maximum absolute atomic E-state index is 11.1. The molecule has 0 spiro atoms. The Morgan fingerprint density at radius 3 is 2.33 bits per heavy atom. The second kappa shape index (κ2) is 7.77. The van der Waals surface area contributed by atoms with Crippen LogP contribution in [0.25, 0.3) is 0 Å². The summed E-state index contributed by atoms with van der Waals surface area (Å²) < 4.78 is 0. The van der Waals surface area contributed by atoms with Gasteiger partial charge in [0.25, 0.3) is 0 Å². The molecular weight excluding hydrogens is 302 g/mol. The minimum atomic E-state index is -0.0754. The summed E-state index contributed by atoms with van der Waals surface area (Å²) in [5.74, 6) is 1.68. The number of carbonyl (C=O) groups is 1. The van der Waals surface area contributed by atoms with Crippen LogP contribution >= 0.6 is 0 Å². The van der Waals surface area contributed by atoms with Gasteiger partial charge in [-0.25, -0.2) is 9.97 Å². The number of aromatic nitrogens is 2. The second-order valence-electron chi connectivity index (χ2n) is 6.05. The van der Waals surface area contributed by atoms with Crippen LogP contribution in [0.3, 0.4) is 0 Å². The summed E-state index contributed by atoms with van der Waals surface area (Å²) in [7, 11) is 0. The number of hydrogen-bond acceptors (Lipinski definition) is 5.